The molecule has 1 heterocycles. The average Bonchev–Trinajstić information content (AvgIpc) is 2.43. The summed E-state index contributed by atoms with van der Waals surface area (Å²) in [4.78, 5) is 3.80. The van der Waals surface area contributed by atoms with Gasteiger partial charge in [0.05, 0.1) is 17.3 Å². The molecule has 0 aliphatic heterocycles. The van der Waals surface area contributed by atoms with Crippen LogP contribution in [0.25, 0.3) is 0 Å². The van der Waals surface area contributed by atoms with Gasteiger partial charge in [0.15, 0.2) is 5.03 Å². The quantitative estimate of drug-likeness (QED) is 0.858. The first-order chi connectivity index (χ1) is 9.42. The molecule has 106 valence electrons. The fraction of sp³-hybridized carbons (Fsp3) is 0.0833. The zero-order chi connectivity index (χ0) is 14.8. The highest BCUT2D eigenvalue weighted by molar-refractivity contribution is 9.10. The van der Waals surface area contributed by atoms with Gasteiger partial charge in [-0.15, -0.1) is 0 Å². The second-order valence-corrected chi connectivity index (χ2v) is 6.79. The molecule has 0 saturated heterocycles. The molecule has 0 fully saturated rings. The van der Waals surface area contributed by atoms with Gasteiger partial charge in [-0.05, 0) is 45.8 Å². The number of pyridine rings is 1. The van der Waals surface area contributed by atoms with Crippen LogP contribution < -0.4 is 4.72 Å². The smallest absolute Gasteiger partial charge is 0.279 e. The first-order valence-corrected chi connectivity index (χ1v) is 8.11. The molecule has 0 atom stereocenters. The lowest BCUT2D eigenvalue weighted by Gasteiger charge is -2.08. The summed E-state index contributed by atoms with van der Waals surface area (Å²) in [6.07, 6.45) is 1.31. The monoisotopic (exact) mass is 376 g/mol. The van der Waals surface area contributed by atoms with Crippen molar-refractivity contribution in [3.8, 4) is 0 Å². The number of hydrogen-bond acceptors (Lipinski definition) is 4. The Balaban J connectivity index is 2.27. The van der Waals surface area contributed by atoms with Gasteiger partial charge in [0.25, 0.3) is 10.0 Å². The van der Waals surface area contributed by atoms with Crippen molar-refractivity contribution in [2.45, 2.75) is 11.6 Å². The molecule has 20 heavy (non-hydrogen) atoms. The molecule has 0 aliphatic rings. The van der Waals surface area contributed by atoms with Crippen molar-refractivity contribution in [2.75, 3.05) is 4.72 Å². The van der Waals surface area contributed by atoms with E-state index in [1.807, 2.05) is 0 Å². The summed E-state index contributed by atoms with van der Waals surface area (Å²) < 4.78 is 27.3. The molecule has 0 spiro atoms. The average molecular weight is 378 g/mol. The minimum atomic E-state index is -3.78. The number of aromatic nitrogens is 1. The molecule has 0 aliphatic carbocycles. The standard InChI is InChI=1S/C12H10BrClN2O3S/c13-10-3-2-9(5-11(10)14)16-20(18,19)12-4-1-8(7-17)6-15-12/h1-6,16-17H,7H2. The minimum Gasteiger partial charge on any atom is -0.392 e. The molecule has 0 radical (unpaired) electrons. The third-order valence-electron chi connectivity index (χ3n) is 2.43. The number of nitrogens with one attached hydrogen (secondary N) is 1. The summed E-state index contributed by atoms with van der Waals surface area (Å²) in [5, 5.41) is 9.17. The van der Waals surface area contributed by atoms with E-state index in [4.69, 9.17) is 16.7 Å². The van der Waals surface area contributed by atoms with Gasteiger partial charge in [-0.3, -0.25) is 4.72 Å². The van der Waals surface area contributed by atoms with E-state index in [-0.39, 0.29) is 11.6 Å². The SMILES string of the molecule is O=S(=O)(Nc1ccc(Br)c(Cl)c1)c1ccc(CO)cn1. The molecule has 1 aromatic carbocycles. The van der Waals surface area contributed by atoms with Gasteiger partial charge in [0, 0.05) is 10.7 Å². The van der Waals surface area contributed by atoms with Crippen LogP contribution in [0.4, 0.5) is 5.69 Å². The number of nitrogens with zero attached hydrogens (tertiary/aromatic N) is 1. The minimum absolute atomic E-state index is 0.131. The van der Waals surface area contributed by atoms with E-state index in [9.17, 15) is 8.42 Å². The number of benzene rings is 1. The number of hydrogen-bond donors (Lipinski definition) is 2. The predicted molar refractivity (Wildman–Crippen MR) is 80.1 cm³/mol. The molecular formula is C12H10BrClN2O3S. The van der Waals surface area contributed by atoms with Crippen molar-refractivity contribution in [1.82, 2.24) is 4.98 Å². The fourth-order valence-electron chi connectivity index (χ4n) is 1.43. The molecule has 0 amide bonds. The maximum Gasteiger partial charge on any atom is 0.279 e. The molecule has 0 unspecified atom stereocenters. The van der Waals surface area contributed by atoms with E-state index >= 15 is 0 Å². The van der Waals surface area contributed by atoms with Crippen LogP contribution in [0, 0.1) is 0 Å². The second-order valence-electron chi connectivity index (χ2n) is 3.90. The largest absolute Gasteiger partial charge is 0.392 e. The van der Waals surface area contributed by atoms with Crippen molar-refractivity contribution in [3.63, 3.8) is 0 Å². The highest BCUT2D eigenvalue weighted by Crippen LogP contribution is 2.26. The highest BCUT2D eigenvalue weighted by atomic mass is 79.9. The zero-order valence-electron chi connectivity index (χ0n) is 10.0. The van der Waals surface area contributed by atoms with Crippen LogP contribution in [0.1, 0.15) is 5.56 Å². The summed E-state index contributed by atoms with van der Waals surface area (Å²) in [5.41, 5.74) is 0.877. The third kappa shape index (κ3) is 3.49. The van der Waals surface area contributed by atoms with Crippen LogP contribution in [0.15, 0.2) is 46.0 Å². The third-order valence-corrected chi connectivity index (χ3v) is 4.96. The Kier molecular flexibility index (Phi) is 4.64. The van der Waals surface area contributed by atoms with Gasteiger partial charge in [-0.1, -0.05) is 17.7 Å². The van der Waals surface area contributed by atoms with Gasteiger partial charge < -0.3 is 5.11 Å². The Hall–Kier alpha value is -1.15. The molecule has 0 bridgehead atoms. The highest BCUT2D eigenvalue weighted by Gasteiger charge is 2.16. The molecule has 0 saturated carbocycles. The van der Waals surface area contributed by atoms with E-state index in [2.05, 4.69) is 25.6 Å². The van der Waals surface area contributed by atoms with Crippen molar-refractivity contribution in [2.24, 2.45) is 0 Å². The Labute approximate surface area is 129 Å². The van der Waals surface area contributed by atoms with Gasteiger partial charge in [-0.2, -0.15) is 8.42 Å². The normalized spacial score (nSPS) is 11.3. The Morgan fingerprint density at radius 2 is 2.05 bits per heavy atom. The molecular weight excluding hydrogens is 368 g/mol. The molecule has 8 heteroatoms. The summed E-state index contributed by atoms with van der Waals surface area (Å²) in [7, 11) is -3.78. The van der Waals surface area contributed by atoms with Crippen molar-refractivity contribution < 1.29 is 13.5 Å². The van der Waals surface area contributed by atoms with Crippen LogP contribution in [-0.4, -0.2) is 18.5 Å². The lowest BCUT2D eigenvalue weighted by Crippen LogP contribution is -2.14. The first kappa shape index (κ1) is 15.2. The van der Waals surface area contributed by atoms with E-state index < -0.39 is 10.0 Å². The Morgan fingerprint density at radius 1 is 1.30 bits per heavy atom. The van der Waals surface area contributed by atoms with Crippen molar-refractivity contribution >= 4 is 43.2 Å². The van der Waals surface area contributed by atoms with Gasteiger partial charge in [0.2, 0.25) is 0 Å². The zero-order valence-corrected chi connectivity index (χ0v) is 13.2. The van der Waals surface area contributed by atoms with Crippen LogP contribution >= 0.6 is 27.5 Å². The predicted octanol–water partition coefficient (Wildman–Crippen LogP) is 2.79. The van der Waals surface area contributed by atoms with Gasteiger partial charge in [0.1, 0.15) is 0 Å². The maximum atomic E-state index is 12.1. The molecule has 2 rings (SSSR count). The number of anilines is 1. The topological polar surface area (TPSA) is 79.3 Å². The lowest BCUT2D eigenvalue weighted by atomic mass is 10.3. The number of rotatable bonds is 4. The number of aliphatic hydroxyl groups is 1. The summed E-state index contributed by atoms with van der Waals surface area (Å²) >= 11 is 9.13. The van der Waals surface area contributed by atoms with Crippen LogP contribution in [0.3, 0.4) is 0 Å². The number of sulfonamides is 1. The fourth-order valence-corrected chi connectivity index (χ4v) is 2.84. The first-order valence-electron chi connectivity index (χ1n) is 5.46. The van der Waals surface area contributed by atoms with Crippen molar-refractivity contribution in [1.29, 1.82) is 0 Å². The van der Waals surface area contributed by atoms with E-state index in [0.29, 0.717) is 20.7 Å². The van der Waals surface area contributed by atoms with Gasteiger partial charge in [-0.25, -0.2) is 4.98 Å². The Bertz CT molecular complexity index is 720. The summed E-state index contributed by atoms with van der Waals surface area (Å²) in [6.45, 7) is -0.191. The maximum absolute atomic E-state index is 12.1. The van der Waals surface area contributed by atoms with Crippen LogP contribution in [-0.2, 0) is 16.6 Å². The second kappa shape index (κ2) is 6.09. The molecule has 2 N–H and O–H groups in total. The van der Waals surface area contributed by atoms with Crippen LogP contribution in [0.2, 0.25) is 5.02 Å². The van der Waals surface area contributed by atoms with E-state index in [1.165, 1.54) is 24.4 Å². The number of halogens is 2. The van der Waals surface area contributed by atoms with E-state index in [1.54, 1.807) is 12.1 Å². The molecule has 2 aromatic rings. The lowest BCUT2D eigenvalue weighted by molar-refractivity contribution is 0.281. The Morgan fingerprint density at radius 3 is 2.60 bits per heavy atom. The molecule has 5 nitrogen and oxygen atoms in total. The van der Waals surface area contributed by atoms with Crippen molar-refractivity contribution in [3.05, 3.63) is 51.6 Å². The van der Waals surface area contributed by atoms with Crippen LogP contribution in [0.5, 0.6) is 0 Å². The number of aliphatic hydroxyl groups excluding tert-OH is 1. The van der Waals surface area contributed by atoms with Gasteiger partial charge >= 0.3 is 0 Å². The van der Waals surface area contributed by atoms with E-state index in [0.717, 1.165) is 0 Å². The summed E-state index contributed by atoms with van der Waals surface area (Å²) in [6, 6.07) is 7.54. The summed E-state index contributed by atoms with van der Waals surface area (Å²) in [5.74, 6) is 0. The molecule has 1 aromatic heterocycles.